The van der Waals surface area contributed by atoms with E-state index in [0.717, 1.165) is 35.1 Å². The molecule has 13 heavy (non-hydrogen) atoms. The van der Waals surface area contributed by atoms with E-state index >= 15 is 0 Å². The Morgan fingerprint density at radius 3 is 3.08 bits per heavy atom. The second-order valence-electron chi connectivity index (χ2n) is 3.56. The van der Waals surface area contributed by atoms with Crippen LogP contribution in [-0.2, 0) is 6.54 Å². The van der Waals surface area contributed by atoms with Crippen molar-refractivity contribution < 1.29 is 4.79 Å². The number of hydrogen-bond acceptors (Lipinski definition) is 3. The van der Waals surface area contributed by atoms with Gasteiger partial charge in [-0.1, -0.05) is 11.8 Å². The lowest BCUT2D eigenvalue weighted by molar-refractivity contribution is 0.111. The van der Waals surface area contributed by atoms with E-state index in [0.29, 0.717) is 5.92 Å². The summed E-state index contributed by atoms with van der Waals surface area (Å²) in [6.45, 7) is 0.952. The highest BCUT2D eigenvalue weighted by Crippen LogP contribution is 2.42. The number of rotatable bonds is 2. The zero-order valence-corrected chi connectivity index (χ0v) is 8.01. The van der Waals surface area contributed by atoms with Crippen LogP contribution in [0, 0.1) is 0 Å². The summed E-state index contributed by atoms with van der Waals surface area (Å²) >= 11 is 1.76. The molecule has 68 valence electrons. The second kappa shape index (κ2) is 2.61. The van der Waals surface area contributed by atoms with E-state index in [1.165, 1.54) is 12.8 Å². The second-order valence-corrected chi connectivity index (χ2v) is 4.62. The third-order valence-electron chi connectivity index (χ3n) is 2.62. The molecular weight excluding hydrogens is 184 g/mol. The number of carbonyl (C=O) groups excluding carboxylic acids is 1. The van der Waals surface area contributed by atoms with Gasteiger partial charge in [0.2, 0.25) is 0 Å². The van der Waals surface area contributed by atoms with Crippen molar-refractivity contribution in [3.8, 4) is 0 Å². The lowest BCUT2D eigenvalue weighted by Gasteiger charge is -1.97. The van der Waals surface area contributed by atoms with Crippen LogP contribution in [0.15, 0.2) is 5.16 Å². The zero-order chi connectivity index (χ0) is 8.84. The molecule has 0 radical (unpaired) electrons. The Labute approximate surface area is 80.5 Å². The summed E-state index contributed by atoms with van der Waals surface area (Å²) in [5, 5.41) is 1.05. The van der Waals surface area contributed by atoms with Gasteiger partial charge in [0.05, 0.1) is 5.69 Å². The maximum Gasteiger partial charge on any atom is 0.168 e. The number of thioether (sulfide) groups is 1. The smallest absolute Gasteiger partial charge is 0.168 e. The molecule has 0 unspecified atom stereocenters. The molecule has 1 aromatic rings. The molecule has 1 aromatic heterocycles. The summed E-state index contributed by atoms with van der Waals surface area (Å²) in [7, 11) is 0. The van der Waals surface area contributed by atoms with Crippen molar-refractivity contribution >= 4 is 18.0 Å². The van der Waals surface area contributed by atoms with Gasteiger partial charge in [-0.3, -0.25) is 4.79 Å². The van der Waals surface area contributed by atoms with Gasteiger partial charge in [-0.2, -0.15) is 0 Å². The Bertz CT molecular complexity index is 368. The van der Waals surface area contributed by atoms with Gasteiger partial charge in [-0.15, -0.1) is 0 Å². The monoisotopic (exact) mass is 194 g/mol. The quantitative estimate of drug-likeness (QED) is 0.672. The number of nitrogens with zero attached hydrogens (tertiary/aromatic N) is 2. The number of aromatic nitrogens is 2. The maximum absolute atomic E-state index is 10.9. The lowest BCUT2D eigenvalue weighted by Crippen LogP contribution is -2.00. The Hall–Kier alpha value is -0.770. The zero-order valence-electron chi connectivity index (χ0n) is 7.19. The van der Waals surface area contributed by atoms with E-state index < -0.39 is 0 Å². The molecule has 0 spiro atoms. The topological polar surface area (TPSA) is 34.9 Å². The summed E-state index contributed by atoms with van der Waals surface area (Å²) in [4.78, 5) is 15.4. The van der Waals surface area contributed by atoms with Gasteiger partial charge < -0.3 is 4.57 Å². The van der Waals surface area contributed by atoms with Gasteiger partial charge in [0, 0.05) is 18.2 Å². The van der Waals surface area contributed by atoms with Crippen LogP contribution in [0.1, 0.15) is 34.9 Å². The average molecular weight is 194 g/mol. The molecule has 1 fully saturated rings. The molecule has 1 aliphatic heterocycles. The first-order valence-corrected chi connectivity index (χ1v) is 5.57. The molecule has 0 saturated heterocycles. The number of imidazole rings is 1. The van der Waals surface area contributed by atoms with E-state index in [4.69, 9.17) is 0 Å². The summed E-state index contributed by atoms with van der Waals surface area (Å²) in [6, 6.07) is 0. The SMILES string of the molecule is O=Cc1c(C2CC2)nc2n1CCS2. The largest absolute Gasteiger partial charge is 0.316 e. The minimum absolute atomic E-state index is 0.582. The fourth-order valence-electron chi connectivity index (χ4n) is 1.80. The Morgan fingerprint density at radius 1 is 1.54 bits per heavy atom. The van der Waals surface area contributed by atoms with Crippen LogP contribution in [0.4, 0.5) is 0 Å². The molecule has 3 rings (SSSR count). The first-order chi connectivity index (χ1) is 6.40. The van der Waals surface area contributed by atoms with E-state index in [1.54, 1.807) is 11.8 Å². The number of aldehydes is 1. The van der Waals surface area contributed by atoms with Gasteiger partial charge in [0.15, 0.2) is 11.4 Å². The fraction of sp³-hybridized carbons (Fsp3) is 0.556. The Morgan fingerprint density at radius 2 is 2.38 bits per heavy atom. The van der Waals surface area contributed by atoms with Crippen molar-refractivity contribution in [1.29, 1.82) is 0 Å². The minimum Gasteiger partial charge on any atom is -0.316 e. The van der Waals surface area contributed by atoms with Crippen molar-refractivity contribution in [3.05, 3.63) is 11.4 Å². The first kappa shape index (κ1) is 7.62. The molecule has 0 aromatic carbocycles. The van der Waals surface area contributed by atoms with Crippen LogP contribution in [0.3, 0.4) is 0 Å². The highest BCUT2D eigenvalue weighted by molar-refractivity contribution is 7.99. The third kappa shape index (κ3) is 1.05. The minimum atomic E-state index is 0.582. The average Bonchev–Trinajstić information content (AvgIpc) is 2.76. The summed E-state index contributed by atoms with van der Waals surface area (Å²) in [5.41, 5.74) is 1.89. The van der Waals surface area contributed by atoms with Gasteiger partial charge in [-0.25, -0.2) is 4.98 Å². The third-order valence-corrected chi connectivity index (χ3v) is 3.58. The molecule has 0 bridgehead atoms. The van der Waals surface area contributed by atoms with Crippen molar-refractivity contribution in [3.63, 3.8) is 0 Å². The van der Waals surface area contributed by atoms with Crippen LogP contribution in [0.5, 0.6) is 0 Å². The summed E-state index contributed by atoms with van der Waals surface area (Å²) in [5.74, 6) is 1.65. The molecule has 3 nitrogen and oxygen atoms in total. The maximum atomic E-state index is 10.9. The number of carbonyl (C=O) groups is 1. The van der Waals surface area contributed by atoms with Crippen LogP contribution in [-0.4, -0.2) is 21.6 Å². The van der Waals surface area contributed by atoms with Crippen molar-refractivity contribution in [2.24, 2.45) is 0 Å². The molecule has 0 amide bonds. The fourth-order valence-corrected chi connectivity index (χ4v) is 2.76. The highest BCUT2D eigenvalue weighted by Gasteiger charge is 2.32. The lowest BCUT2D eigenvalue weighted by atomic mass is 10.2. The van der Waals surface area contributed by atoms with Gasteiger partial charge in [0.1, 0.15) is 5.69 Å². The summed E-state index contributed by atoms with van der Waals surface area (Å²) < 4.78 is 2.06. The summed E-state index contributed by atoms with van der Waals surface area (Å²) in [6.07, 6.45) is 3.39. The predicted octanol–water partition coefficient (Wildman–Crippen LogP) is 1.68. The molecule has 2 aliphatic rings. The molecule has 2 heterocycles. The Kier molecular flexibility index (Phi) is 1.53. The highest BCUT2D eigenvalue weighted by atomic mass is 32.2. The van der Waals surface area contributed by atoms with Crippen molar-refractivity contribution in [2.75, 3.05) is 5.75 Å². The number of hydrogen-bond donors (Lipinski definition) is 0. The molecular formula is C9H10N2OS. The van der Waals surface area contributed by atoms with E-state index in [2.05, 4.69) is 9.55 Å². The molecule has 4 heteroatoms. The number of fused-ring (bicyclic) bond motifs is 1. The van der Waals surface area contributed by atoms with Crippen LogP contribution >= 0.6 is 11.8 Å². The standard InChI is InChI=1S/C9H10N2OS/c12-5-7-8(6-1-2-6)10-9-11(7)3-4-13-9/h5-6H,1-4H2. The van der Waals surface area contributed by atoms with Gasteiger partial charge in [0.25, 0.3) is 0 Å². The molecule has 0 N–H and O–H groups in total. The van der Waals surface area contributed by atoms with E-state index in [9.17, 15) is 4.79 Å². The predicted molar refractivity (Wildman–Crippen MR) is 50.3 cm³/mol. The molecule has 1 aliphatic carbocycles. The van der Waals surface area contributed by atoms with Gasteiger partial charge >= 0.3 is 0 Å². The van der Waals surface area contributed by atoms with Crippen LogP contribution in [0.2, 0.25) is 0 Å². The van der Waals surface area contributed by atoms with Crippen LogP contribution < -0.4 is 0 Å². The molecule has 1 saturated carbocycles. The van der Waals surface area contributed by atoms with Gasteiger partial charge in [-0.05, 0) is 12.8 Å². The van der Waals surface area contributed by atoms with E-state index in [1.807, 2.05) is 0 Å². The van der Waals surface area contributed by atoms with Crippen molar-refractivity contribution in [1.82, 2.24) is 9.55 Å². The molecule has 0 atom stereocenters. The first-order valence-electron chi connectivity index (χ1n) is 4.58. The normalized spacial score (nSPS) is 20.3. The van der Waals surface area contributed by atoms with Crippen LogP contribution in [0.25, 0.3) is 0 Å². The van der Waals surface area contributed by atoms with E-state index in [-0.39, 0.29) is 0 Å². The Balaban J connectivity index is 2.14. The van der Waals surface area contributed by atoms with Crippen molar-refractivity contribution in [2.45, 2.75) is 30.5 Å².